The zero-order valence-corrected chi connectivity index (χ0v) is 8.78. The van der Waals surface area contributed by atoms with Gasteiger partial charge in [0, 0.05) is 12.5 Å². The lowest BCUT2D eigenvalue weighted by Crippen LogP contribution is -2.20. The molecule has 0 unspecified atom stereocenters. The third kappa shape index (κ3) is 1.56. The van der Waals surface area contributed by atoms with Gasteiger partial charge in [0.2, 0.25) is 0 Å². The van der Waals surface area contributed by atoms with Crippen molar-refractivity contribution in [3.8, 4) is 0 Å². The Bertz CT molecular complexity index is 612. The first kappa shape index (κ1) is 10.2. The molecule has 0 fully saturated rings. The third-order valence-corrected chi connectivity index (χ3v) is 3.00. The Hall–Kier alpha value is -1.98. The first-order chi connectivity index (χ1) is 8.15. The van der Waals surface area contributed by atoms with E-state index < -0.39 is 11.6 Å². The van der Waals surface area contributed by atoms with E-state index >= 15 is 0 Å². The molecule has 2 heterocycles. The number of benzene rings is 1. The number of fused-ring (bicyclic) bond motifs is 1. The molecule has 2 aromatic rings. The van der Waals surface area contributed by atoms with Crippen LogP contribution in [0, 0.1) is 11.6 Å². The highest BCUT2D eigenvalue weighted by Gasteiger charge is 2.27. The van der Waals surface area contributed by atoms with E-state index in [1.54, 1.807) is 0 Å². The van der Waals surface area contributed by atoms with Crippen molar-refractivity contribution in [3.63, 3.8) is 0 Å². The fourth-order valence-electron chi connectivity index (χ4n) is 2.31. The molecule has 0 spiro atoms. The lowest BCUT2D eigenvalue weighted by molar-refractivity contribution is 0.553. The van der Waals surface area contributed by atoms with Crippen LogP contribution in [0.2, 0.25) is 0 Å². The van der Waals surface area contributed by atoms with Crippen LogP contribution in [0.1, 0.15) is 23.9 Å². The number of hydrogen-bond donors (Lipinski definition) is 1. The van der Waals surface area contributed by atoms with E-state index in [1.807, 2.05) is 0 Å². The Kier molecular flexibility index (Phi) is 2.10. The second-order valence-electron chi connectivity index (χ2n) is 4.07. The Morgan fingerprint density at radius 3 is 2.71 bits per heavy atom. The lowest BCUT2D eigenvalue weighted by Gasteiger charge is -2.12. The molecule has 0 amide bonds. The molecule has 88 valence electrons. The average molecular weight is 237 g/mol. The fourth-order valence-corrected chi connectivity index (χ4v) is 2.31. The molecule has 17 heavy (non-hydrogen) atoms. The van der Waals surface area contributed by atoms with Gasteiger partial charge in [0.15, 0.2) is 0 Å². The number of aromatic nitrogens is 3. The molecule has 1 N–H and O–H groups in total. The number of aryl methyl sites for hydroxylation is 1. The van der Waals surface area contributed by atoms with Gasteiger partial charge >= 0.3 is 5.69 Å². The van der Waals surface area contributed by atoms with Crippen molar-refractivity contribution >= 4 is 0 Å². The van der Waals surface area contributed by atoms with E-state index in [4.69, 9.17) is 0 Å². The van der Waals surface area contributed by atoms with Gasteiger partial charge in [0.1, 0.15) is 17.5 Å². The summed E-state index contributed by atoms with van der Waals surface area (Å²) < 4.78 is 27.7. The van der Waals surface area contributed by atoms with Gasteiger partial charge in [0.05, 0.1) is 6.04 Å². The Balaban J connectivity index is 2.12. The molecule has 0 aliphatic carbocycles. The van der Waals surface area contributed by atoms with Crippen molar-refractivity contribution in [2.45, 2.75) is 18.9 Å². The lowest BCUT2D eigenvalue weighted by atomic mass is 10.0. The molecule has 0 saturated carbocycles. The monoisotopic (exact) mass is 237 g/mol. The molecular formula is C11H9F2N3O. The smallest absolute Gasteiger partial charge is 0.271 e. The van der Waals surface area contributed by atoms with Gasteiger partial charge in [0.25, 0.3) is 0 Å². The first-order valence-electron chi connectivity index (χ1n) is 5.27. The van der Waals surface area contributed by atoms with Crippen LogP contribution in [-0.4, -0.2) is 14.8 Å². The van der Waals surface area contributed by atoms with Crippen molar-refractivity contribution < 1.29 is 8.78 Å². The molecule has 3 rings (SSSR count). The molecule has 1 aliphatic heterocycles. The van der Waals surface area contributed by atoms with Crippen molar-refractivity contribution in [3.05, 3.63) is 51.7 Å². The number of aromatic amines is 1. The topological polar surface area (TPSA) is 50.7 Å². The number of nitrogens with one attached hydrogen (secondary N) is 1. The minimum absolute atomic E-state index is 0.332. The minimum Gasteiger partial charge on any atom is -0.271 e. The maximum atomic E-state index is 13.1. The van der Waals surface area contributed by atoms with Crippen LogP contribution in [0.25, 0.3) is 0 Å². The fraction of sp³-hybridized carbons (Fsp3) is 0.273. The number of H-pyrrole nitrogens is 1. The SMILES string of the molecule is O=c1[nH]nc2n1[C@@H](c1cc(F)cc(F)c1)CC2. The standard InChI is InChI=1S/C11H9F2N3O/c12-7-3-6(4-8(13)5-7)9-1-2-10-14-15-11(17)16(9)10/h3-5,9H,1-2H2,(H,15,17)/t9-/m1/s1. The van der Waals surface area contributed by atoms with E-state index in [0.29, 0.717) is 24.2 Å². The summed E-state index contributed by atoms with van der Waals surface area (Å²) in [7, 11) is 0. The van der Waals surface area contributed by atoms with Crippen LogP contribution in [0.5, 0.6) is 0 Å². The van der Waals surface area contributed by atoms with E-state index in [9.17, 15) is 13.6 Å². The highest BCUT2D eigenvalue weighted by molar-refractivity contribution is 5.24. The number of rotatable bonds is 1. The van der Waals surface area contributed by atoms with Gasteiger partial charge in [-0.05, 0) is 24.1 Å². The maximum Gasteiger partial charge on any atom is 0.343 e. The predicted octanol–water partition coefficient (Wildman–Crippen LogP) is 1.39. The van der Waals surface area contributed by atoms with Crippen LogP contribution in [-0.2, 0) is 6.42 Å². The van der Waals surface area contributed by atoms with Gasteiger partial charge in [-0.25, -0.2) is 18.7 Å². The highest BCUT2D eigenvalue weighted by Crippen LogP contribution is 2.29. The van der Waals surface area contributed by atoms with Gasteiger partial charge in [-0.3, -0.25) is 4.57 Å². The maximum absolute atomic E-state index is 13.1. The molecule has 0 saturated heterocycles. The van der Waals surface area contributed by atoms with E-state index in [0.717, 1.165) is 6.07 Å². The van der Waals surface area contributed by atoms with Gasteiger partial charge in [-0.15, -0.1) is 0 Å². The van der Waals surface area contributed by atoms with Gasteiger partial charge in [-0.2, -0.15) is 5.10 Å². The molecule has 1 aliphatic rings. The molecule has 0 bridgehead atoms. The molecule has 4 nitrogen and oxygen atoms in total. The quantitative estimate of drug-likeness (QED) is 0.814. The predicted molar refractivity (Wildman–Crippen MR) is 55.7 cm³/mol. The third-order valence-electron chi connectivity index (χ3n) is 3.00. The number of nitrogens with zero attached hydrogens (tertiary/aromatic N) is 2. The zero-order valence-electron chi connectivity index (χ0n) is 8.78. The minimum atomic E-state index is -0.634. The second-order valence-corrected chi connectivity index (χ2v) is 4.07. The summed E-state index contributed by atoms with van der Waals surface area (Å²) in [4.78, 5) is 11.5. The van der Waals surface area contributed by atoms with Gasteiger partial charge in [-0.1, -0.05) is 0 Å². The van der Waals surface area contributed by atoms with Crippen LogP contribution in [0.3, 0.4) is 0 Å². The average Bonchev–Trinajstić information content (AvgIpc) is 2.80. The highest BCUT2D eigenvalue weighted by atomic mass is 19.1. The number of halogens is 2. The van der Waals surface area contributed by atoms with Crippen LogP contribution in [0.4, 0.5) is 8.78 Å². The van der Waals surface area contributed by atoms with E-state index in [1.165, 1.54) is 16.7 Å². The van der Waals surface area contributed by atoms with Gasteiger partial charge < -0.3 is 0 Å². The summed E-state index contributed by atoms with van der Waals surface area (Å²) >= 11 is 0. The summed E-state index contributed by atoms with van der Waals surface area (Å²) in [6.45, 7) is 0. The van der Waals surface area contributed by atoms with Crippen molar-refractivity contribution in [1.82, 2.24) is 14.8 Å². The molecule has 1 aromatic carbocycles. The van der Waals surface area contributed by atoms with Crippen LogP contribution in [0.15, 0.2) is 23.0 Å². The van der Waals surface area contributed by atoms with Crippen LogP contribution >= 0.6 is 0 Å². The van der Waals surface area contributed by atoms with E-state index in [-0.39, 0.29) is 11.7 Å². The summed E-state index contributed by atoms with van der Waals surface area (Å²) in [6.07, 6.45) is 1.26. The Morgan fingerprint density at radius 2 is 2.00 bits per heavy atom. The van der Waals surface area contributed by atoms with Crippen LogP contribution < -0.4 is 5.69 Å². The van der Waals surface area contributed by atoms with Crippen molar-refractivity contribution in [1.29, 1.82) is 0 Å². The number of hydrogen-bond acceptors (Lipinski definition) is 2. The summed E-state index contributed by atoms with van der Waals surface area (Å²) in [6, 6.07) is 2.99. The summed E-state index contributed by atoms with van der Waals surface area (Å²) in [5, 5.41) is 6.19. The summed E-state index contributed by atoms with van der Waals surface area (Å²) in [5.41, 5.74) is 0.122. The Morgan fingerprint density at radius 1 is 1.29 bits per heavy atom. The van der Waals surface area contributed by atoms with Crippen molar-refractivity contribution in [2.24, 2.45) is 0 Å². The van der Waals surface area contributed by atoms with E-state index in [2.05, 4.69) is 10.2 Å². The largest absolute Gasteiger partial charge is 0.343 e. The molecule has 0 radical (unpaired) electrons. The van der Waals surface area contributed by atoms with Crippen molar-refractivity contribution in [2.75, 3.05) is 0 Å². The second kappa shape index (κ2) is 3.51. The molecule has 1 atom stereocenters. The molecular weight excluding hydrogens is 228 g/mol. The Labute approximate surface area is 94.9 Å². The zero-order chi connectivity index (χ0) is 12.0. The summed E-state index contributed by atoms with van der Waals surface area (Å²) in [5.74, 6) is -0.639. The molecule has 1 aromatic heterocycles. The normalized spacial score (nSPS) is 18.4. The molecule has 6 heteroatoms. The first-order valence-corrected chi connectivity index (χ1v) is 5.27.